The number of nitrogens with one attached hydrogen (secondary N) is 4. The van der Waals surface area contributed by atoms with Gasteiger partial charge in [0.15, 0.2) is 21.7 Å². The van der Waals surface area contributed by atoms with Crippen LogP contribution in [-0.2, 0) is 0 Å². The highest BCUT2D eigenvalue weighted by molar-refractivity contribution is 6.02. The molecule has 0 aliphatic heterocycles. The zero-order valence-corrected chi connectivity index (χ0v) is 20.9. The number of pyridine rings is 4. The lowest BCUT2D eigenvalue weighted by Crippen LogP contribution is -2.08. The second-order valence-corrected chi connectivity index (χ2v) is 9.57. The molecule has 0 radical (unpaired) electrons. The molecule has 4 aromatic carbocycles. The fraction of sp³-hybridized carbons (Fsp3) is 0. The molecule has 0 atom stereocenters. The number of H-pyrrole nitrogens is 4. The number of fused-ring (bicyclic) bond motifs is 6. The molecule has 0 bridgehead atoms. The largest absolute Gasteiger partial charge is 0.361 e. The molecular formula is C32H20N4O4. The minimum absolute atomic E-state index is 0.0322. The first kappa shape index (κ1) is 23.4. The molecule has 8 rings (SSSR count). The van der Waals surface area contributed by atoms with Crippen molar-refractivity contribution < 1.29 is 0 Å². The number of aromatic nitrogens is 4. The van der Waals surface area contributed by atoms with E-state index in [1.807, 2.05) is 36.4 Å². The van der Waals surface area contributed by atoms with Gasteiger partial charge in [0.05, 0.1) is 22.1 Å². The summed E-state index contributed by atoms with van der Waals surface area (Å²) in [5.74, 6) is 0. The van der Waals surface area contributed by atoms with Crippen molar-refractivity contribution in [2.24, 2.45) is 0 Å². The standard InChI is InChI=1S/C20H12N2O2.C12H8N2O2/c23-19-11-5-1-3-7-15(11)21-17-10-14-18(9-13(17)19)22-16-8-4-2-6-12(16)20(14)24;15-11-1-3-13-9-6-8-10(5-7(9)11)14-4-2-12(8)16/h1-10H,(H,21,23)(H,22,24);1-6H,(H,13,15)(H,14,16). The van der Waals surface area contributed by atoms with Crippen molar-refractivity contribution in [1.29, 1.82) is 0 Å². The number of aromatic amines is 4. The van der Waals surface area contributed by atoms with E-state index < -0.39 is 0 Å². The average Bonchev–Trinajstić information content (AvgIpc) is 2.97. The third kappa shape index (κ3) is 3.70. The minimum atomic E-state index is -0.0552. The molecule has 192 valence electrons. The third-order valence-electron chi connectivity index (χ3n) is 7.16. The molecule has 8 nitrogen and oxygen atoms in total. The summed E-state index contributed by atoms with van der Waals surface area (Å²) in [4.78, 5) is 61.2. The van der Waals surface area contributed by atoms with Gasteiger partial charge in [-0.2, -0.15) is 0 Å². The van der Waals surface area contributed by atoms with Crippen LogP contribution in [0.2, 0.25) is 0 Å². The molecule has 0 aliphatic rings. The Morgan fingerprint density at radius 3 is 1.23 bits per heavy atom. The van der Waals surface area contributed by atoms with Gasteiger partial charge in [-0.1, -0.05) is 24.3 Å². The first-order chi connectivity index (χ1) is 19.5. The number of benzene rings is 4. The number of hydrogen-bond donors (Lipinski definition) is 4. The lowest BCUT2D eigenvalue weighted by molar-refractivity contribution is 1.37. The molecule has 0 unspecified atom stereocenters. The first-order valence-corrected chi connectivity index (χ1v) is 12.6. The summed E-state index contributed by atoms with van der Waals surface area (Å²) in [7, 11) is 0. The molecule has 0 saturated heterocycles. The first-order valence-electron chi connectivity index (χ1n) is 12.6. The van der Waals surface area contributed by atoms with Crippen molar-refractivity contribution in [2.45, 2.75) is 0 Å². The van der Waals surface area contributed by atoms with Crippen molar-refractivity contribution >= 4 is 65.4 Å². The Hall–Kier alpha value is -5.76. The van der Waals surface area contributed by atoms with Crippen LogP contribution in [0, 0.1) is 0 Å². The van der Waals surface area contributed by atoms with Gasteiger partial charge in [-0.15, -0.1) is 0 Å². The number of hydrogen-bond acceptors (Lipinski definition) is 4. The van der Waals surface area contributed by atoms with E-state index in [4.69, 9.17) is 0 Å². The fourth-order valence-corrected chi connectivity index (χ4v) is 5.18. The minimum Gasteiger partial charge on any atom is -0.361 e. The van der Waals surface area contributed by atoms with Gasteiger partial charge in [-0.25, -0.2) is 0 Å². The molecule has 4 N–H and O–H groups in total. The number of rotatable bonds is 0. The van der Waals surface area contributed by atoms with Gasteiger partial charge >= 0.3 is 0 Å². The molecule has 0 fully saturated rings. The van der Waals surface area contributed by atoms with Crippen molar-refractivity contribution in [3.05, 3.63) is 138 Å². The van der Waals surface area contributed by atoms with Gasteiger partial charge in [-0.3, -0.25) is 19.2 Å². The van der Waals surface area contributed by atoms with Gasteiger partial charge in [0.25, 0.3) is 0 Å². The summed E-state index contributed by atoms with van der Waals surface area (Å²) in [5, 5.41) is 3.60. The van der Waals surface area contributed by atoms with E-state index in [1.165, 1.54) is 12.1 Å². The molecule has 8 heteroatoms. The van der Waals surface area contributed by atoms with E-state index in [2.05, 4.69) is 19.9 Å². The fourth-order valence-electron chi connectivity index (χ4n) is 5.18. The summed E-state index contributed by atoms with van der Waals surface area (Å²) in [6.07, 6.45) is 3.15. The van der Waals surface area contributed by atoms with Gasteiger partial charge in [0.1, 0.15) is 0 Å². The Balaban J connectivity index is 0.000000144. The van der Waals surface area contributed by atoms with Crippen molar-refractivity contribution in [3.63, 3.8) is 0 Å². The SMILES string of the molecule is O=c1c2ccccc2[nH]c2cc3c(=O)c4ccccc4[nH]c3cc12.O=c1cc[nH]c2cc3c(=O)cc[nH]c3cc12. The number of para-hydroxylation sites is 2. The second kappa shape index (κ2) is 8.92. The van der Waals surface area contributed by atoms with Gasteiger partial charge in [0, 0.05) is 67.9 Å². The Morgan fingerprint density at radius 1 is 0.375 bits per heavy atom. The summed E-state index contributed by atoms with van der Waals surface area (Å²) < 4.78 is 0. The predicted molar refractivity (Wildman–Crippen MR) is 160 cm³/mol. The molecule has 0 spiro atoms. The highest BCUT2D eigenvalue weighted by Gasteiger charge is 2.10. The van der Waals surface area contributed by atoms with Crippen LogP contribution in [0.3, 0.4) is 0 Å². The van der Waals surface area contributed by atoms with Crippen LogP contribution in [-0.4, -0.2) is 19.9 Å². The van der Waals surface area contributed by atoms with Gasteiger partial charge < -0.3 is 19.9 Å². The lowest BCUT2D eigenvalue weighted by atomic mass is 10.1. The summed E-state index contributed by atoms with van der Waals surface area (Å²) in [5.41, 5.74) is 4.07. The van der Waals surface area contributed by atoms with Crippen LogP contribution >= 0.6 is 0 Å². The van der Waals surface area contributed by atoms with Crippen LogP contribution in [0.4, 0.5) is 0 Å². The average molecular weight is 525 g/mol. The molecule has 0 saturated carbocycles. The monoisotopic (exact) mass is 524 g/mol. The van der Waals surface area contributed by atoms with Crippen LogP contribution in [0.15, 0.2) is 117 Å². The molecule has 8 aromatic rings. The van der Waals surface area contributed by atoms with E-state index in [-0.39, 0.29) is 21.7 Å². The van der Waals surface area contributed by atoms with E-state index >= 15 is 0 Å². The predicted octanol–water partition coefficient (Wildman–Crippen LogP) is 5.05. The maximum absolute atomic E-state index is 12.8. The summed E-state index contributed by atoms with van der Waals surface area (Å²) in [6, 6.07) is 24.7. The van der Waals surface area contributed by atoms with Crippen LogP contribution in [0.1, 0.15) is 0 Å². The highest BCUT2D eigenvalue weighted by atomic mass is 16.1. The molecule has 0 aliphatic carbocycles. The van der Waals surface area contributed by atoms with Crippen molar-refractivity contribution in [3.8, 4) is 0 Å². The Labute approximate surface area is 223 Å². The van der Waals surface area contributed by atoms with Crippen LogP contribution in [0.25, 0.3) is 65.4 Å². The summed E-state index contributed by atoms with van der Waals surface area (Å²) >= 11 is 0. The topological polar surface area (TPSA) is 131 Å². The quantitative estimate of drug-likeness (QED) is 0.207. The molecule has 40 heavy (non-hydrogen) atoms. The maximum Gasteiger partial charge on any atom is 0.197 e. The van der Waals surface area contributed by atoms with E-state index in [1.54, 1.807) is 48.8 Å². The Kier molecular flexibility index (Phi) is 5.21. The van der Waals surface area contributed by atoms with E-state index in [0.29, 0.717) is 54.4 Å². The van der Waals surface area contributed by atoms with Crippen LogP contribution < -0.4 is 21.7 Å². The zero-order valence-electron chi connectivity index (χ0n) is 20.9. The molecule has 4 heterocycles. The molecular weight excluding hydrogens is 504 g/mol. The molecule has 0 amide bonds. The van der Waals surface area contributed by atoms with E-state index in [0.717, 1.165) is 11.0 Å². The maximum atomic E-state index is 12.8. The van der Waals surface area contributed by atoms with Crippen LogP contribution in [0.5, 0.6) is 0 Å². The van der Waals surface area contributed by atoms with E-state index in [9.17, 15) is 19.2 Å². The third-order valence-corrected chi connectivity index (χ3v) is 7.16. The van der Waals surface area contributed by atoms with Gasteiger partial charge in [-0.05, 0) is 48.5 Å². The smallest absolute Gasteiger partial charge is 0.197 e. The zero-order chi connectivity index (χ0) is 27.4. The Bertz CT molecular complexity index is 2360. The van der Waals surface area contributed by atoms with Crippen molar-refractivity contribution in [2.75, 3.05) is 0 Å². The molecule has 4 aromatic heterocycles. The summed E-state index contributed by atoms with van der Waals surface area (Å²) in [6.45, 7) is 0. The van der Waals surface area contributed by atoms with Gasteiger partial charge in [0.2, 0.25) is 0 Å². The Morgan fingerprint density at radius 2 is 0.775 bits per heavy atom. The van der Waals surface area contributed by atoms with Crippen molar-refractivity contribution in [1.82, 2.24) is 19.9 Å². The second-order valence-electron chi connectivity index (χ2n) is 9.57. The highest BCUT2D eigenvalue weighted by Crippen LogP contribution is 2.21. The normalized spacial score (nSPS) is 11.4. The lowest BCUT2D eigenvalue weighted by Gasteiger charge is -2.06.